The number of aromatic nitrogens is 2. The summed E-state index contributed by atoms with van der Waals surface area (Å²) < 4.78 is 1.62. The van der Waals surface area contributed by atoms with Gasteiger partial charge in [0.1, 0.15) is 5.15 Å². The van der Waals surface area contributed by atoms with E-state index in [1.807, 2.05) is 11.8 Å². The predicted octanol–water partition coefficient (Wildman–Crippen LogP) is 0.194. The Morgan fingerprint density at radius 3 is 2.84 bits per heavy atom. The highest BCUT2D eigenvalue weighted by Crippen LogP contribution is 2.25. The molecule has 2 heterocycles. The molecule has 106 valence electrons. The molecule has 0 radical (unpaired) electrons. The van der Waals surface area contributed by atoms with Crippen LogP contribution >= 0.6 is 11.6 Å². The number of piperidine rings is 1. The van der Waals surface area contributed by atoms with Crippen LogP contribution < -0.4 is 5.73 Å². The normalized spacial score (nSPS) is 24.6. The van der Waals surface area contributed by atoms with Crippen LogP contribution in [-0.4, -0.2) is 44.4 Å². The monoisotopic (exact) mass is 286 g/mol. The second-order valence-corrected chi connectivity index (χ2v) is 5.55. The number of hydrogen-bond acceptors (Lipinski definition) is 4. The molecule has 1 aliphatic rings. The van der Waals surface area contributed by atoms with Crippen molar-refractivity contribution in [3.05, 3.63) is 16.4 Å². The highest BCUT2D eigenvalue weighted by molar-refractivity contribution is 6.30. The second-order valence-electron chi connectivity index (χ2n) is 5.19. The highest BCUT2D eigenvalue weighted by atomic mass is 35.5. The molecule has 1 atom stereocenters. The van der Waals surface area contributed by atoms with E-state index in [4.69, 9.17) is 17.3 Å². The number of carbonyl (C=O) groups is 1. The zero-order valence-corrected chi connectivity index (χ0v) is 11.9. The van der Waals surface area contributed by atoms with Crippen molar-refractivity contribution in [2.75, 3.05) is 13.1 Å². The van der Waals surface area contributed by atoms with Crippen LogP contribution in [0.15, 0.2) is 0 Å². The van der Waals surface area contributed by atoms with E-state index in [0.717, 1.165) is 24.2 Å². The van der Waals surface area contributed by atoms with Gasteiger partial charge in [-0.2, -0.15) is 5.10 Å². The molecule has 0 bridgehead atoms. The summed E-state index contributed by atoms with van der Waals surface area (Å²) in [6.45, 7) is 3.51. The molecule has 3 N–H and O–H groups in total. The molecule has 1 unspecified atom stereocenters. The summed E-state index contributed by atoms with van der Waals surface area (Å²) in [5.41, 5.74) is 5.62. The quantitative estimate of drug-likeness (QED) is 0.831. The number of β-amino-alcohol motifs (C(OH)–C–C–N with tert-alkyl or cyclic N) is 1. The Hall–Kier alpha value is -1.11. The lowest BCUT2D eigenvalue weighted by Gasteiger charge is -2.37. The lowest BCUT2D eigenvalue weighted by molar-refractivity contribution is -0.142. The highest BCUT2D eigenvalue weighted by Gasteiger charge is 2.38. The van der Waals surface area contributed by atoms with Gasteiger partial charge in [0.05, 0.1) is 5.69 Å². The van der Waals surface area contributed by atoms with E-state index in [2.05, 4.69) is 5.10 Å². The maximum Gasteiger partial charge on any atom is 0.250 e. The molecule has 2 rings (SSSR count). The summed E-state index contributed by atoms with van der Waals surface area (Å²) in [7, 11) is 1.79. The molecule has 0 saturated carbocycles. The molecule has 1 aromatic rings. The molecule has 0 aliphatic carbocycles. The van der Waals surface area contributed by atoms with E-state index >= 15 is 0 Å². The van der Waals surface area contributed by atoms with Gasteiger partial charge in [-0.25, -0.2) is 0 Å². The number of aryl methyl sites for hydroxylation is 2. The first-order chi connectivity index (χ1) is 8.83. The summed E-state index contributed by atoms with van der Waals surface area (Å²) in [4.78, 5) is 13.3. The fourth-order valence-corrected chi connectivity index (χ4v) is 2.77. The van der Waals surface area contributed by atoms with E-state index in [1.165, 1.54) is 0 Å². The molecule has 1 saturated heterocycles. The van der Waals surface area contributed by atoms with Gasteiger partial charge < -0.3 is 10.8 Å². The molecule has 6 nitrogen and oxygen atoms in total. The first-order valence-electron chi connectivity index (χ1n) is 6.26. The van der Waals surface area contributed by atoms with E-state index < -0.39 is 11.5 Å². The standard InChI is InChI=1S/C12H19ClN4O2/c1-8-9(10(13)16(2)15-8)6-17-5-3-4-12(19,7-17)11(14)18/h19H,3-7H2,1-2H3,(H2,14,18). The van der Waals surface area contributed by atoms with Crippen molar-refractivity contribution in [3.8, 4) is 0 Å². The number of carbonyl (C=O) groups excluding carboxylic acids is 1. The van der Waals surface area contributed by atoms with Gasteiger partial charge in [0.2, 0.25) is 0 Å². The largest absolute Gasteiger partial charge is 0.379 e. The van der Waals surface area contributed by atoms with Crippen LogP contribution in [0.2, 0.25) is 5.15 Å². The zero-order chi connectivity index (χ0) is 14.2. The van der Waals surface area contributed by atoms with Crippen molar-refractivity contribution in [1.29, 1.82) is 0 Å². The van der Waals surface area contributed by atoms with Crippen LogP contribution in [-0.2, 0) is 18.4 Å². The zero-order valence-electron chi connectivity index (χ0n) is 11.2. The summed E-state index contributed by atoms with van der Waals surface area (Å²) in [6.07, 6.45) is 1.15. The third-order valence-electron chi connectivity index (χ3n) is 3.66. The van der Waals surface area contributed by atoms with Gasteiger partial charge >= 0.3 is 0 Å². The van der Waals surface area contributed by atoms with Gasteiger partial charge in [-0.05, 0) is 26.3 Å². The Bertz CT molecular complexity index is 502. The van der Waals surface area contributed by atoms with Crippen LogP contribution in [0.4, 0.5) is 0 Å². The van der Waals surface area contributed by atoms with Crippen molar-refractivity contribution in [1.82, 2.24) is 14.7 Å². The molecule has 1 aliphatic heterocycles. The first kappa shape index (κ1) is 14.3. The number of amides is 1. The topological polar surface area (TPSA) is 84.4 Å². The lowest BCUT2D eigenvalue weighted by Crippen LogP contribution is -2.55. The molecule has 0 spiro atoms. The number of aliphatic hydroxyl groups is 1. The minimum atomic E-state index is -1.43. The maximum absolute atomic E-state index is 11.3. The predicted molar refractivity (Wildman–Crippen MR) is 71.6 cm³/mol. The molecule has 0 aromatic carbocycles. The van der Waals surface area contributed by atoms with Gasteiger partial charge in [-0.1, -0.05) is 11.6 Å². The Morgan fingerprint density at radius 1 is 1.63 bits per heavy atom. The average molecular weight is 287 g/mol. The fraction of sp³-hybridized carbons (Fsp3) is 0.667. The van der Waals surface area contributed by atoms with E-state index in [9.17, 15) is 9.90 Å². The van der Waals surface area contributed by atoms with Crippen LogP contribution in [0.3, 0.4) is 0 Å². The first-order valence-corrected chi connectivity index (χ1v) is 6.64. The Morgan fingerprint density at radius 2 is 2.32 bits per heavy atom. The summed E-state index contributed by atoms with van der Waals surface area (Å²) in [5, 5.41) is 15.0. The summed E-state index contributed by atoms with van der Waals surface area (Å²) in [5.74, 6) is -0.661. The smallest absolute Gasteiger partial charge is 0.250 e. The number of nitrogens with zero attached hydrogens (tertiary/aromatic N) is 3. The summed E-state index contributed by atoms with van der Waals surface area (Å²) in [6, 6.07) is 0. The van der Waals surface area contributed by atoms with E-state index in [1.54, 1.807) is 11.7 Å². The number of likely N-dealkylation sites (tertiary alicyclic amines) is 1. The van der Waals surface area contributed by atoms with Crippen LogP contribution in [0.25, 0.3) is 0 Å². The lowest BCUT2D eigenvalue weighted by atomic mass is 9.92. The molecule has 1 fully saturated rings. The van der Waals surface area contributed by atoms with E-state index in [0.29, 0.717) is 18.1 Å². The fourth-order valence-electron chi connectivity index (χ4n) is 2.54. The molecule has 1 aromatic heterocycles. The molecule has 7 heteroatoms. The minimum absolute atomic E-state index is 0.243. The van der Waals surface area contributed by atoms with Gasteiger partial charge in [0.25, 0.3) is 5.91 Å². The Labute approximate surface area is 117 Å². The van der Waals surface area contributed by atoms with Crippen LogP contribution in [0.5, 0.6) is 0 Å². The Balaban J connectivity index is 2.13. The van der Waals surface area contributed by atoms with Crippen molar-refractivity contribution >= 4 is 17.5 Å². The number of rotatable bonds is 3. The van der Waals surface area contributed by atoms with Gasteiger partial charge in [-0.3, -0.25) is 14.4 Å². The number of nitrogens with two attached hydrogens (primary N) is 1. The van der Waals surface area contributed by atoms with Gasteiger partial charge in [0.15, 0.2) is 5.60 Å². The number of hydrogen-bond donors (Lipinski definition) is 2. The summed E-state index contributed by atoms with van der Waals surface area (Å²) >= 11 is 6.19. The molecule has 1 amide bonds. The van der Waals surface area contributed by atoms with Crippen LogP contribution in [0.1, 0.15) is 24.1 Å². The van der Waals surface area contributed by atoms with E-state index in [-0.39, 0.29) is 6.54 Å². The van der Waals surface area contributed by atoms with Crippen LogP contribution in [0, 0.1) is 6.92 Å². The van der Waals surface area contributed by atoms with Gasteiger partial charge in [-0.15, -0.1) is 0 Å². The second kappa shape index (κ2) is 5.11. The van der Waals surface area contributed by atoms with Crippen molar-refractivity contribution in [3.63, 3.8) is 0 Å². The molecule has 19 heavy (non-hydrogen) atoms. The van der Waals surface area contributed by atoms with Gasteiger partial charge in [0, 0.05) is 25.7 Å². The SMILES string of the molecule is Cc1nn(C)c(Cl)c1CN1CCCC(O)(C(N)=O)C1. The average Bonchev–Trinajstić information content (AvgIpc) is 2.56. The third kappa shape index (κ3) is 2.75. The van der Waals surface area contributed by atoms with Crippen molar-refractivity contribution < 1.29 is 9.90 Å². The van der Waals surface area contributed by atoms with Crippen molar-refractivity contribution in [2.24, 2.45) is 12.8 Å². The molecular formula is C12H19ClN4O2. The molecular weight excluding hydrogens is 268 g/mol. The number of primary amides is 1. The maximum atomic E-state index is 11.3. The Kier molecular flexibility index (Phi) is 3.85. The number of halogens is 1. The van der Waals surface area contributed by atoms with Crippen molar-refractivity contribution in [2.45, 2.75) is 31.9 Å². The third-order valence-corrected chi connectivity index (χ3v) is 4.13. The minimum Gasteiger partial charge on any atom is -0.379 e.